The maximum Gasteiger partial charge on any atom is 0.161 e. The molecule has 2 aromatic rings. The van der Waals surface area contributed by atoms with E-state index in [4.69, 9.17) is 0 Å². The minimum atomic E-state index is 0.414. The molecular weight excluding hydrogens is 210 g/mol. The number of rotatable bonds is 1. The zero-order valence-electron chi connectivity index (χ0n) is 10.3. The van der Waals surface area contributed by atoms with E-state index in [1.165, 1.54) is 12.1 Å². The second kappa shape index (κ2) is 3.69. The third-order valence-corrected chi connectivity index (χ3v) is 3.51. The molecule has 0 radical (unpaired) electrons. The Labute approximate surface area is 101 Å². The Balaban J connectivity index is 2.06. The van der Waals surface area contributed by atoms with Crippen LogP contribution in [-0.2, 0) is 0 Å². The number of hydrogen-bond donors (Lipinski definition) is 0. The van der Waals surface area contributed by atoms with Gasteiger partial charge in [0.15, 0.2) is 5.65 Å². The molecule has 0 aliphatic carbocycles. The van der Waals surface area contributed by atoms with Crippen molar-refractivity contribution < 1.29 is 0 Å². The van der Waals surface area contributed by atoms with Crippen molar-refractivity contribution in [2.75, 3.05) is 18.0 Å². The molecule has 3 heterocycles. The maximum absolute atomic E-state index is 4.31. The molecule has 3 rings (SSSR count). The summed E-state index contributed by atoms with van der Waals surface area (Å²) in [6.07, 6.45) is 4.90. The van der Waals surface area contributed by atoms with Crippen molar-refractivity contribution in [1.29, 1.82) is 0 Å². The molecule has 3 nitrogen and oxygen atoms in total. The third kappa shape index (κ3) is 1.86. The van der Waals surface area contributed by atoms with Crippen molar-refractivity contribution in [2.45, 2.75) is 20.3 Å². The van der Waals surface area contributed by atoms with Gasteiger partial charge in [0, 0.05) is 36.6 Å². The lowest BCUT2D eigenvalue weighted by molar-refractivity contribution is 0.418. The number of anilines is 1. The second-order valence-corrected chi connectivity index (χ2v) is 5.54. The van der Waals surface area contributed by atoms with Gasteiger partial charge in [0.1, 0.15) is 0 Å². The van der Waals surface area contributed by atoms with Gasteiger partial charge >= 0.3 is 0 Å². The predicted octanol–water partition coefficient (Wildman–Crippen LogP) is 2.87. The van der Waals surface area contributed by atoms with Crippen LogP contribution in [0.2, 0.25) is 0 Å². The van der Waals surface area contributed by atoms with Gasteiger partial charge in [0.05, 0.1) is 0 Å². The molecule has 1 aliphatic heterocycles. The SMILES string of the molecule is CC1(C)CCN(c2ccnc3ncccc23)C1. The van der Waals surface area contributed by atoms with E-state index >= 15 is 0 Å². The summed E-state index contributed by atoms with van der Waals surface area (Å²) < 4.78 is 0. The van der Waals surface area contributed by atoms with Crippen LogP contribution >= 0.6 is 0 Å². The second-order valence-electron chi connectivity index (χ2n) is 5.54. The minimum Gasteiger partial charge on any atom is -0.370 e. The van der Waals surface area contributed by atoms with Gasteiger partial charge in [-0.2, -0.15) is 0 Å². The van der Waals surface area contributed by atoms with E-state index in [9.17, 15) is 0 Å². The number of fused-ring (bicyclic) bond motifs is 1. The van der Waals surface area contributed by atoms with Crippen molar-refractivity contribution in [2.24, 2.45) is 5.41 Å². The van der Waals surface area contributed by atoms with Crippen LogP contribution in [0.3, 0.4) is 0 Å². The van der Waals surface area contributed by atoms with Gasteiger partial charge in [-0.15, -0.1) is 0 Å². The molecule has 3 heteroatoms. The molecule has 0 aromatic carbocycles. The largest absolute Gasteiger partial charge is 0.370 e. The first kappa shape index (κ1) is 10.5. The topological polar surface area (TPSA) is 29.0 Å². The molecule has 0 saturated carbocycles. The van der Waals surface area contributed by atoms with Gasteiger partial charge in [0.2, 0.25) is 0 Å². The lowest BCUT2D eigenvalue weighted by Crippen LogP contribution is -2.22. The molecule has 88 valence electrons. The van der Waals surface area contributed by atoms with Gasteiger partial charge < -0.3 is 4.90 Å². The molecule has 0 unspecified atom stereocenters. The molecule has 0 N–H and O–H groups in total. The van der Waals surface area contributed by atoms with E-state index < -0.39 is 0 Å². The van der Waals surface area contributed by atoms with E-state index in [-0.39, 0.29) is 0 Å². The summed E-state index contributed by atoms with van der Waals surface area (Å²) in [5.74, 6) is 0. The smallest absolute Gasteiger partial charge is 0.161 e. The summed E-state index contributed by atoms with van der Waals surface area (Å²) in [7, 11) is 0. The fourth-order valence-corrected chi connectivity index (χ4v) is 2.56. The van der Waals surface area contributed by atoms with Crippen molar-refractivity contribution in [3.8, 4) is 0 Å². The summed E-state index contributed by atoms with van der Waals surface area (Å²) in [5.41, 5.74) is 2.53. The van der Waals surface area contributed by atoms with Gasteiger partial charge in [-0.3, -0.25) is 0 Å². The number of aromatic nitrogens is 2. The molecule has 1 fully saturated rings. The molecule has 0 amide bonds. The molecule has 0 bridgehead atoms. The minimum absolute atomic E-state index is 0.414. The Kier molecular flexibility index (Phi) is 2.28. The Hall–Kier alpha value is -1.64. The first-order valence-electron chi connectivity index (χ1n) is 6.10. The van der Waals surface area contributed by atoms with Crippen molar-refractivity contribution in [3.05, 3.63) is 30.6 Å². The zero-order valence-corrected chi connectivity index (χ0v) is 10.3. The van der Waals surface area contributed by atoms with Crippen LogP contribution in [0.1, 0.15) is 20.3 Å². The van der Waals surface area contributed by atoms with E-state index in [1.807, 2.05) is 12.3 Å². The molecular formula is C14H17N3. The molecule has 17 heavy (non-hydrogen) atoms. The third-order valence-electron chi connectivity index (χ3n) is 3.51. The Morgan fingerprint density at radius 2 is 2.00 bits per heavy atom. The van der Waals surface area contributed by atoms with Crippen LogP contribution in [0.25, 0.3) is 11.0 Å². The average Bonchev–Trinajstić information content (AvgIpc) is 2.69. The van der Waals surface area contributed by atoms with Gasteiger partial charge in [-0.05, 0) is 30.0 Å². The van der Waals surface area contributed by atoms with Crippen molar-refractivity contribution in [3.63, 3.8) is 0 Å². The first-order chi connectivity index (χ1) is 8.16. The summed E-state index contributed by atoms with van der Waals surface area (Å²) in [6.45, 7) is 6.89. The Morgan fingerprint density at radius 1 is 1.18 bits per heavy atom. The fraction of sp³-hybridized carbons (Fsp3) is 0.429. The molecule has 0 spiro atoms. The molecule has 1 saturated heterocycles. The van der Waals surface area contributed by atoms with Crippen LogP contribution in [0.5, 0.6) is 0 Å². The standard InChI is InChI=1S/C14H17N3/c1-14(2)6-9-17(10-14)12-5-8-16-13-11(12)4-3-7-15-13/h3-5,7-8H,6,9-10H2,1-2H3. The van der Waals surface area contributed by atoms with Gasteiger partial charge in [-0.25, -0.2) is 9.97 Å². The van der Waals surface area contributed by atoms with Crippen LogP contribution in [0.15, 0.2) is 30.6 Å². The summed E-state index contributed by atoms with van der Waals surface area (Å²) >= 11 is 0. The predicted molar refractivity (Wildman–Crippen MR) is 70.1 cm³/mol. The van der Waals surface area contributed by atoms with E-state index in [2.05, 4.69) is 40.8 Å². The van der Waals surface area contributed by atoms with Crippen LogP contribution in [-0.4, -0.2) is 23.1 Å². The molecule has 1 aliphatic rings. The summed E-state index contributed by atoms with van der Waals surface area (Å²) in [4.78, 5) is 11.1. The summed E-state index contributed by atoms with van der Waals surface area (Å²) in [5, 5.41) is 1.16. The lowest BCUT2D eigenvalue weighted by Gasteiger charge is -2.22. The molecule has 2 aromatic heterocycles. The molecule has 0 atom stereocenters. The van der Waals surface area contributed by atoms with E-state index in [0.717, 1.165) is 24.1 Å². The highest BCUT2D eigenvalue weighted by Crippen LogP contribution is 2.34. The first-order valence-corrected chi connectivity index (χ1v) is 6.10. The van der Waals surface area contributed by atoms with Gasteiger partial charge in [0.25, 0.3) is 0 Å². The number of nitrogens with zero attached hydrogens (tertiary/aromatic N) is 3. The summed E-state index contributed by atoms with van der Waals surface area (Å²) in [6, 6.07) is 6.19. The van der Waals surface area contributed by atoms with Crippen LogP contribution < -0.4 is 4.90 Å². The zero-order chi connectivity index (χ0) is 11.9. The van der Waals surface area contributed by atoms with Gasteiger partial charge in [-0.1, -0.05) is 13.8 Å². The van der Waals surface area contributed by atoms with Crippen molar-refractivity contribution in [1.82, 2.24) is 9.97 Å². The van der Waals surface area contributed by atoms with E-state index in [1.54, 1.807) is 6.20 Å². The van der Waals surface area contributed by atoms with Crippen LogP contribution in [0.4, 0.5) is 5.69 Å². The highest BCUT2D eigenvalue weighted by Gasteiger charge is 2.29. The fourth-order valence-electron chi connectivity index (χ4n) is 2.56. The van der Waals surface area contributed by atoms with Crippen molar-refractivity contribution >= 4 is 16.7 Å². The number of pyridine rings is 2. The van der Waals surface area contributed by atoms with E-state index in [0.29, 0.717) is 5.41 Å². The Bertz CT molecular complexity index is 543. The maximum atomic E-state index is 4.31. The normalized spacial score (nSPS) is 18.8. The van der Waals surface area contributed by atoms with Crippen LogP contribution in [0, 0.1) is 5.41 Å². The lowest BCUT2D eigenvalue weighted by atomic mass is 9.93. The highest BCUT2D eigenvalue weighted by atomic mass is 15.2. The highest BCUT2D eigenvalue weighted by molar-refractivity contribution is 5.89. The number of hydrogen-bond acceptors (Lipinski definition) is 3. The Morgan fingerprint density at radius 3 is 2.76 bits per heavy atom. The monoisotopic (exact) mass is 227 g/mol. The average molecular weight is 227 g/mol. The quantitative estimate of drug-likeness (QED) is 0.750.